The number of hydrogen-bond acceptors (Lipinski definition) is 4. The van der Waals surface area contributed by atoms with Gasteiger partial charge >= 0.3 is 0 Å². The van der Waals surface area contributed by atoms with Crippen LogP contribution in [-0.4, -0.2) is 44.5 Å². The number of carbonyl (C=O) groups excluding carboxylic acids is 1. The summed E-state index contributed by atoms with van der Waals surface area (Å²) in [5.74, 6) is 0.322. The minimum absolute atomic E-state index is 0.0412. The first-order valence-electron chi connectivity index (χ1n) is 6.23. The molecule has 0 aliphatic carbocycles. The van der Waals surface area contributed by atoms with E-state index in [1.165, 1.54) is 21.9 Å². The summed E-state index contributed by atoms with van der Waals surface area (Å²) < 4.78 is 24.2. The lowest BCUT2D eigenvalue weighted by molar-refractivity contribution is 0.0945. The second-order valence-corrected chi connectivity index (χ2v) is 7.72. The lowest BCUT2D eigenvalue weighted by Crippen LogP contribution is -2.41. The van der Waals surface area contributed by atoms with Crippen LogP contribution in [0.4, 0.5) is 0 Å². The Hall–Kier alpha value is -0.920. The molecule has 0 bridgehead atoms. The van der Waals surface area contributed by atoms with E-state index in [1.807, 2.05) is 11.4 Å². The van der Waals surface area contributed by atoms with Gasteiger partial charge in [0, 0.05) is 19.6 Å². The van der Waals surface area contributed by atoms with E-state index in [1.54, 1.807) is 6.07 Å². The Morgan fingerprint density at radius 3 is 2.68 bits per heavy atom. The lowest BCUT2D eigenvalue weighted by Gasteiger charge is -2.30. The molecule has 1 aliphatic heterocycles. The van der Waals surface area contributed by atoms with Gasteiger partial charge in [0.15, 0.2) is 0 Å². The Morgan fingerprint density at radius 2 is 2.16 bits per heavy atom. The average molecular weight is 302 g/mol. The predicted octanol–water partition coefficient (Wildman–Crippen LogP) is 1.15. The quantitative estimate of drug-likeness (QED) is 0.907. The SMILES string of the molecule is CS(=O)(=O)N1CCC(CNC(=O)c2cccs2)CC1. The van der Waals surface area contributed by atoms with Crippen molar-refractivity contribution < 1.29 is 13.2 Å². The van der Waals surface area contributed by atoms with Gasteiger partial charge in [0.2, 0.25) is 10.0 Å². The molecule has 0 spiro atoms. The van der Waals surface area contributed by atoms with Crippen LogP contribution in [-0.2, 0) is 10.0 Å². The summed E-state index contributed by atoms with van der Waals surface area (Å²) in [6, 6.07) is 3.65. The number of thiophene rings is 1. The first-order chi connectivity index (χ1) is 8.97. The minimum atomic E-state index is -3.07. The Bertz CT molecular complexity index is 517. The fourth-order valence-electron chi connectivity index (χ4n) is 2.18. The van der Waals surface area contributed by atoms with Gasteiger partial charge in [0.05, 0.1) is 11.1 Å². The van der Waals surface area contributed by atoms with Crippen LogP contribution >= 0.6 is 11.3 Å². The highest BCUT2D eigenvalue weighted by Crippen LogP contribution is 2.18. The second-order valence-electron chi connectivity index (χ2n) is 4.79. The highest BCUT2D eigenvalue weighted by Gasteiger charge is 2.25. The lowest BCUT2D eigenvalue weighted by atomic mass is 9.98. The van der Waals surface area contributed by atoms with Crippen molar-refractivity contribution in [2.24, 2.45) is 5.92 Å². The van der Waals surface area contributed by atoms with Gasteiger partial charge in [-0.25, -0.2) is 12.7 Å². The molecule has 1 aliphatic rings. The van der Waals surface area contributed by atoms with Crippen molar-refractivity contribution in [1.29, 1.82) is 0 Å². The van der Waals surface area contributed by atoms with Crippen molar-refractivity contribution in [2.75, 3.05) is 25.9 Å². The van der Waals surface area contributed by atoms with Crippen molar-refractivity contribution in [2.45, 2.75) is 12.8 Å². The summed E-state index contributed by atoms with van der Waals surface area (Å²) >= 11 is 1.42. The molecule has 2 rings (SSSR count). The molecule has 1 saturated heterocycles. The third-order valence-corrected chi connectivity index (χ3v) is 5.51. The number of nitrogens with one attached hydrogen (secondary N) is 1. The zero-order valence-electron chi connectivity index (χ0n) is 10.8. The molecule has 0 atom stereocenters. The van der Waals surface area contributed by atoms with Crippen molar-refractivity contribution in [3.05, 3.63) is 22.4 Å². The predicted molar refractivity (Wildman–Crippen MR) is 75.8 cm³/mol. The normalized spacial score (nSPS) is 18.4. The number of carbonyl (C=O) groups is 1. The Balaban J connectivity index is 1.76. The monoisotopic (exact) mass is 302 g/mol. The molecule has 1 N–H and O–H groups in total. The van der Waals surface area contributed by atoms with Crippen molar-refractivity contribution in [1.82, 2.24) is 9.62 Å². The number of amides is 1. The van der Waals surface area contributed by atoms with E-state index in [2.05, 4.69) is 5.32 Å². The topological polar surface area (TPSA) is 66.5 Å². The average Bonchev–Trinajstić information content (AvgIpc) is 2.89. The Morgan fingerprint density at radius 1 is 1.47 bits per heavy atom. The van der Waals surface area contributed by atoms with Crippen LogP contribution in [0.2, 0.25) is 0 Å². The minimum Gasteiger partial charge on any atom is -0.351 e. The molecule has 0 aromatic carbocycles. The number of sulfonamides is 1. The van der Waals surface area contributed by atoms with E-state index in [9.17, 15) is 13.2 Å². The van der Waals surface area contributed by atoms with Crippen LogP contribution < -0.4 is 5.32 Å². The molecule has 0 radical (unpaired) electrons. The van der Waals surface area contributed by atoms with Gasteiger partial charge in [-0.1, -0.05) is 6.07 Å². The number of hydrogen-bond donors (Lipinski definition) is 1. The van der Waals surface area contributed by atoms with E-state index in [0.29, 0.717) is 30.4 Å². The second kappa shape index (κ2) is 6.02. The van der Waals surface area contributed by atoms with Crippen LogP contribution in [0.3, 0.4) is 0 Å². The van der Waals surface area contributed by atoms with E-state index in [0.717, 1.165) is 12.8 Å². The molecular formula is C12H18N2O3S2. The van der Waals surface area contributed by atoms with E-state index in [4.69, 9.17) is 0 Å². The van der Waals surface area contributed by atoms with Crippen LogP contribution in [0.5, 0.6) is 0 Å². The Kier molecular flexibility index (Phi) is 4.59. The smallest absolute Gasteiger partial charge is 0.261 e. The van der Waals surface area contributed by atoms with Gasteiger partial charge in [-0.2, -0.15) is 0 Å². The van der Waals surface area contributed by atoms with Crippen LogP contribution in [0.25, 0.3) is 0 Å². The molecule has 1 aromatic rings. The zero-order valence-corrected chi connectivity index (χ0v) is 12.5. The van der Waals surface area contributed by atoms with Crippen LogP contribution in [0.1, 0.15) is 22.5 Å². The molecule has 5 nitrogen and oxygen atoms in total. The molecule has 7 heteroatoms. The summed E-state index contributed by atoms with van der Waals surface area (Å²) in [5.41, 5.74) is 0. The van der Waals surface area contributed by atoms with Crippen molar-refractivity contribution >= 4 is 27.3 Å². The van der Waals surface area contributed by atoms with E-state index in [-0.39, 0.29) is 5.91 Å². The zero-order chi connectivity index (χ0) is 13.9. The van der Waals surface area contributed by atoms with Gasteiger partial charge in [0.1, 0.15) is 0 Å². The molecule has 19 heavy (non-hydrogen) atoms. The maximum Gasteiger partial charge on any atom is 0.261 e. The number of rotatable bonds is 4. The Labute approximate surface area is 117 Å². The molecule has 1 fully saturated rings. The number of piperidine rings is 1. The van der Waals surface area contributed by atoms with Crippen LogP contribution in [0, 0.1) is 5.92 Å². The summed E-state index contributed by atoms with van der Waals surface area (Å²) in [6.45, 7) is 1.73. The van der Waals surface area contributed by atoms with Gasteiger partial charge in [-0.15, -0.1) is 11.3 Å². The molecule has 0 unspecified atom stereocenters. The van der Waals surface area contributed by atoms with Crippen molar-refractivity contribution in [3.8, 4) is 0 Å². The first kappa shape index (κ1) is 14.5. The fourth-order valence-corrected chi connectivity index (χ4v) is 3.69. The summed E-state index contributed by atoms with van der Waals surface area (Å²) in [7, 11) is -3.07. The van der Waals surface area contributed by atoms with Gasteiger partial charge in [-0.3, -0.25) is 4.79 Å². The first-order valence-corrected chi connectivity index (χ1v) is 8.96. The highest BCUT2D eigenvalue weighted by atomic mass is 32.2. The van der Waals surface area contributed by atoms with E-state index < -0.39 is 10.0 Å². The maximum absolute atomic E-state index is 11.8. The molecule has 0 saturated carbocycles. The summed E-state index contributed by atoms with van der Waals surface area (Å²) in [5, 5.41) is 4.79. The fraction of sp³-hybridized carbons (Fsp3) is 0.583. The third kappa shape index (κ3) is 4.02. The van der Waals surface area contributed by atoms with E-state index >= 15 is 0 Å². The standard InChI is InChI=1S/C12H18N2O3S2/c1-19(16,17)14-6-4-10(5-7-14)9-13-12(15)11-3-2-8-18-11/h2-3,8,10H,4-7,9H2,1H3,(H,13,15). The molecule has 1 aromatic heterocycles. The van der Waals surface area contributed by atoms with Crippen LogP contribution in [0.15, 0.2) is 17.5 Å². The largest absolute Gasteiger partial charge is 0.351 e. The van der Waals surface area contributed by atoms with Gasteiger partial charge < -0.3 is 5.32 Å². The summed E-state index contributed by atoms with van der Waals surface area (Å²) in [6.07, 6.45) is 2.85. The molecular weight excluding hydrogens is 284 g/mol. The number of nitrogens with zero attached hydrogens (tertiary/aromatic N) is 1. The molecule has 106 valence electrons. The molecule has 1 amide bonds. The highest BCUT2D eigenvalue weighted by molar-refractivity contribution is 7.88. The molecule has 2 heterocycles. The third-order valence-electron chi connectivity index (χ3n) is 3.34. The summed E-state index contributed by atoms with van der Waals surface area (Å²) in [4.78, 5) is 12.5. The van der Waals surface area contributed by atoms with Crippen molar-refractivity contribution in [3.63, 3.8) is 0 Å². The van der Waals surface area contributed by atoms with Gasteiger partial charge in [0.25, 0.3) is 5.91 Å². The van der Waals surface area contributed by atoms with Gasteiger partial charge in [-0.05, 0) is 30.2 Å². The maximum atomic E-state index is 11.8.